The van der Waals surface area contributed by atoms with Crippen LogP contribution in [0, 0.1) is 0 Å². The first-order valence-electron chi connectivity index (χ1n) is 9.41. The van der Waals surface area contributed by atoms with Crippen LogP contribution in [0.2, 0.25) is 0 Å². The van der Waals surface area contributed by atoms with Crippen molar-refractivity contribution in [1.29, 1.82) is 0 Å². The summed E-state index contributed by atoms with van der Waals surface area (Å²) in [6, 6.07) is 18.3. The molecule has 0 aliphatic heterocycles. The molecule has 0 fully saturated rings. The number of aryl methyl sites for hydroxylation is 1. The lowest BCUT2D eigenvalue weighted by Gasteiger charge is -2.09. The second kappa shape index (κ2) is 8.38. The molecule has 7 nitrogen and oxygen atoms in total. The number of rotatable bonds is 5. The van der Waals surface area contributed by atoms with Crippen LogP contribution in [0.15, 0.2) is 60.7 Å². The number of nitrogens with one attached hydrogen (secondary N) is 2. The zero-order valence-corrected chi connectivity index (χ0v) is 17.3. The Balaban J connectivity index is 1.50. The second-order valence-electron chi connectivity index (χ2n) is 6.44. The number of amides is 2. The summed E-state index contributed by atoms with van der Waals surface area (Å²) in [6.07, 6.45) is 0. The molecule has 0 spiro atoms. The Bertz CT molecular complexity index is 1230. The zero-order chi connectivity index (χ0) is 21.1. The number of ether oxygens (including phenoxy) is 1. The number of fused-ring (bicyclic) bond motifs is 1. The lowest BCUT2D eigenvalue weighted by molar-refractivity contribution is 0.0847. The number of thiophene rings is 1. The van der Waals surface area contributed by atoms with Gasteiger partial charge in [-0.3, -0.25) is 20.4 Å². The van der Waals surface area contributed by atoms with Gasteiger partial charge in [0, 0.05) is 6.54 Å². The van der Waals surface area contributed by atoms with E-state index in [0.29, 0.717) is 16.2 Å². The first kappa shape index (κ1) is 19.7. The van der Waals surface area contributed by atoms with Crippen LogP contribution in [0.4, 0.5) is 0 Å². The molecule has 2 aromatic carbocycles. The summed E-state index contributed by atoms with van der Waals surface area (Å²) >= 11 is 1.32. The normalized spacial score (nSPS) is 10.7. The van der Waals surface area contributed by atoms with Crippen LogP contribution in [0.3, 0.4) is 0 Å². The molecule has 4 aromatic rings. The Hall–Kier alpha value is -3.65. The number of hydrogen-bond donors (Lipinski definition) is 2. The number of carbonyl (C=O) groups excluding carboxylic acids is 2. The van der Waals surface area contributed by atoms with E-state index in [4.69, 9.17) is 9.72 Å². The third kappa shape index (κ3) is 3.65. The first-order valence-corrected chi connectivity index (χ1v) is 10.2. The Morgan fingerprint density at radius 2 is 1.73 bits per heavy atom. The highest BCUT2D eigenvalue weighted by Gasteiger charge is 2.17. The molecule has 2 amide bonds. The minimum atomic E-state index is -0.453. The molecular formula is C22H20N4O3S. The third-order valence-electron chi connectivity index (χ3n) is 4.66. The fourth-order valence-electron chi connectivity index (χ4n) is 3.24. The van der Waals surface area contributed by atoms with Crippen LogP contribution in [0.5, 0.6) is 5.75 Å². The predicted octanol–water partition coefficient (Wildman–Crippen LogP) is 3.87. The molecular weight excluding hydrogens is 400 g/mol. The number of aromatic nitrogens is 2. The van der Waals surface area contributed by atoms with Gasteiger partial charge in [-0.05, 0) is 43.3 Å². The van der Waals surface area contributed by atoms with Crippen molar-refractivity contribution in [3.63, 3.8) is 0 Å². The second-order valence-corrected chi connectivity index (χ2v) is 7.52. The van der Waals surface area contributed by atoms with Crippen LogP contribution < -0.4 is 15.6 Å². The van der Waals surface area contributed by atoms with Gasteiger partial charge in [-0.25, -0.2) is 4.98 Å². The molecule has 0 saturated carbocycles. The van der Waals surface area contributed by atoms with E-state index in [1.807, 2.05) is 30.3 Å². The summed E-state index contributed by atoms with van der Waals surface area (Å²) in [5.74, 6) is 0.404. The average Bonchev–Trinajstić information content (AvgIpc) is 3.41. The first-order chi connectivity index (χ1) is 14.6. The molecule has 8 heteroatoms. The van der Waals surface area contributed by atoms with E-state index in [1.165, 1.54) is 18.4 Å². The molecule has 0 unspecified atom stereocenters. The fraction of sp³-hybridized carbons (Fsp3) is 0.136. The number of imidazole rings is 1. The van der Waals surface area contributed by atoms with Gasteiger partial charge in [0.1, 0.15) is 5.75 Å². The van der Waals surface area contributed by atoms with Gasteiger partial charge in [-0.2, -0.15) is 0 Å². The van der Waals surface area contributed by atoms with Crippen molar-refractivity contribution >= 4 is 34.2 Å². The maximum atomic E-state index is 12.5. The van der Waals surface area contributed by atoms with E-state index < -0.39 is 11.8 Å². The van der Waals surface area contributed by atoms with Crippen molar-refractivity contribution in [3.05, 3.63) is 71.1 Å². The number of nitrogens with zero attached hydrogens (tertiary/aromatic N) is 2. The molecule has 0 saturated heterocycles. The number of methoxy groups -OCH3 is 1. The van der Waals surface area contributed by atoms with Crippen molar-refractivity contribution in [2.75, 3.05) is 7.11 Å². The number of benzene rings is 2. The highest BCUT2D eigenvalue weighted by Crippen LogP contribution is 2.30. The summed E-state index contributed by atoms with van der Waals surface area (Å²) in [5.41, 5.74) is 7.20. The monoisotopic (exact) mass is 420 g/mol. The number of hydrazine groups is 1. The Morgan fingerprint density at radius 1 is 1.00 bits per heavy atom. The van der Waals surface area contributed by atoms with Gasteiger partial charge in [-0.1, -0.05) is 24.3 Å². The Kier molecular flexibility index (Phi) is 5.49. The molecule has 152 valence electrons. The molecule has 0 aliphatic rings. The van der Waals surface area contributed by atoms with Gasteiger partial charge in [0.05, 0.1) is 33.5 Å². The summed E-state index contributed by atoms with van der Waals surface area (Å²) in [7, 11) is 1.49. The van der Waals surface area contributed by atoms with Crippen molar-refractivity contribution < 1.29 is 14.3 Å². The van der Waals surface area contributed by atoms with Gasteiger partial charge < -0.3 is 9.30 Å². The molecule has 2 heterocycles. The SMILES string of the molecule is CCn1c(-c2ccc(C(=O)NNC(=O)c3ccccc3OC)s2)nc2ccccc21. The predicted molar refractivity (Wildman–Crippen MR) is 117 cm³/mol. The van der Waals surface area contributed by atoms with Crippen molar-refractivity contribution in [1.82, 2.24) is 20.4 Å². The Labute approximate surface area is 177 Å². The molecule has 0 bridgehead atoms. The molecule has 0 radical (unpaired) electrons. The minimum Gasteiger partial charge on any atom is -0.496 e. The van der Waals surface area contributed by atoms with E-state index in [9.17, 15) is 9.59 Å². The van der Waals surface area contributed by atoms with Gasteiger partial charge in [0.15, 0.2) is 5.82 Å². The molecule has 0 atom stereocenters. The quantitative estimate of drug-likeness (QED) is 0.480. The van der Waals surface area contributed by atoms with Crippen LogP contribution >= 0.6 is 11.3 Å². The van der Waals surface area contributed by atoms with E-state index in [2.05, 4.69) is 22.3 Å². The van der Waals surface area contributed by atoms with Crippen molar-refractivity contribution in [3.8, 4) is 16.5 Å². The Morgan fingerprint density at radius 3 is 2.53 bits per heavy atom. The lowest BCUT2D eigenvalue weighted by Crippen LogP contribution is -2.41. The van der Waals surface area contributed by atoms with Crippen molar-refractivity contribution in [2.24, 2.45) is 0 Å². The van der Waals surface area contributed by atoms with E-state index in [-0.39, 0.29) is 0 Å². The smallest absolute Gasteiger partial charge is 0.279 e. The third-order valence-corrected chi connectivity index (χ3v) is 5.74. The zero-order valence-electron chi connectivity index (χ0n) is 16.5. The fourth-order valence-corrected chi connectivity index (χ4v) is 4.14. The molecule has 2 aromatic heterocycles. The summed E-state index contributed by atoms with van der Waals surface area (Å²) in [6.45, 7) is 2.83. The maximum absolute atomic E-state index is 12.5. The van der Waals surface area contributed by atoms with Crippen molar-refractivity contribution in [2.45, 2.75) is 13.5 Å². The standard InChI is InChI=1S/C22H20N4O3S/c1-3-26-16-10-6-5-9-15(16)23-20(26)18-12-13-19(30-18)22(28)25-24-21(27)14-8-4-7-11-17(14)29-2/h4-13H,3H2,1-2H3,(H,24,27)(H,25,28). The summed E-state index contributed by atoms with van der Waals surface area (Å²) < 4.78 is 7.29. The number of hydrogen-bond acceptors (Lipinski definition) is 5. The van der Waals surface area contributed by atoms with Gasteiger partial charge >= 0.3 is 0 Å². The average molecular weight is 420 g/mol. The topological polar surface area (TPSA) is 85.2 Å². The molecule has 2 N–H and O–H groups in total. The lowest BCUT2D eigenvalue weighted by atomic mass is 10.2. The highest BCUT2D eigenvalue weighted by molar-refractivity contribution is 7.17. The van der Waals surface area contributed by atoms with Gasteiger partial charge in [0.2, 0.25) is 0 Å². The minimum absolute atomic E-state index is 0.337. The molecule has 30 heavy (non-hydrogen) atoms. The highest BCUT2D eigenvalue weighted by atomic mass is 32.1. The maximum Gasteiger partial charge on any atom is 0.279 e. The van der Waals surface area contributed by atoms with E-state index in [1.54, 1.807) is 30.3 Å². The van der Waals surface area contributed by atoms with E-state index in [0.717, 1.165) is 28.3 Å². The van der Waals surface area contributed by atoms with Crippen LogP contribution in [-0.2, 0) is 6.54 Å². The number of para-hydroxylation sites is 3. The number of carbonyl (C=O) groups is 2. The van der Waals surface area contributed by atoms with Gasteiger partial charge in [0.25, 0.3) is 11.8 Å². The molecule has 4 rings (SSSR count). The van der Waals surface area contributed by atoms with E-state index >= 15 is 0 Å². The van der Waals surface area contributed by atoms with Crippen LogP contribution in [-0.4, -0.2) is 28.5 Å². The largest absolute Gasteiger partial charge is 0.496 e. The summed E-state index contributed by atoms with van der Waals surface area (Å²) in [4.78, 5) is 31.0. The van der Waals surface area contributed by atoms with Gasteiger partial charge in [-0.15, -0.1) is 11.3 Å². The van der Waals surface area contributed by atoms with Crippen LogP contribution in [0.25, 0.3) is 21.7 Å². The molecule has 0 aliphatic carbocycles. The van der Waals surface area contributed by atoms with Crippen LogP contribution in [0.1, 0.15) is 27.0 Å². The summed E-state index contributed by atoms with van der Waals surface area (Å²) in [5, 5.41) is 0.